The van der Waals surface area contributed by atoms with Crippen LogP contribution in [0.2, 0.25) is 10.0 Å². The van der Waals surface area contributed by atoms with E-state index in [1.807, 2.05) is 31.2 Å². The van der Waals surface area contributed by atoms with Crippen LogP contribution in [0.1, 0.15) is 16.1 Å². The highest BCUT2D eigenvalue weighted by Gasteiger charge is 2.12. The minimum Gasteiger partial charge on any atom is -0.324 e. The lowest BCUT2D eigenvalue weighted by Gasteiger charge is -2.10. The van der Waals surface area contributed by atoms with Crippen molar-refractivity contribution in [2.24, 2.45) is 0 Å². The fourth-order valence-corrected chi connectivity index (χ4v) is 2.61. The molecule has 0 aliphatic heterocycles. The number of hydrogen-bond donors (Lipinski definition) is 2. The van der Waals surface area contributed by atoms with Crippen LogP contribution in [0.15, 0.2) is 54.7 Å². The Bertz CT molecular complexity index is 930. The molecule has 0 atom stereocenters. The van der Waals surface area contributed by atoms with Crippen LogP contribution < -0.4 is 10.6 Å². The van der Waals surface area contributed by atoms with Gasteiger partial charge in [-0.2, -0.15) is 0 Å². The monoisotopic (exact) mass is 372 g/mol. The second-order valence-corrected chi connectivity index (χ2v) is 6.13. The van der Waals surface area contributed by atoms with E-state index in [4.69, 9.17) is 23.2 Å². The number of aromatic nitrogens is 2. The molecule has 0 fully saturated rings. The van der Waals surface area contributed by atoms with Gasteiger partial charge in [0.1, 0.15) is 5.69 Å². The number of amides is 1. The first kappa shape index (κ1) is 17.2. The van der Waals surface area contributed by atoms with Crippen LogP contribution in [0.4, 0.5) is 17.3 Å². The summed E-state index contributed by atoms with van der Waals surface area (Å²) in [5, 5.41) is 6.66. The molecule has 1 aromatic heterocycles. The topological polar surface area (TPSA) is 66.9 Å². The molecule has 2 N–H and O–H groups in total. The molecule has 0 saturated heterocycles. The molecule has 3 aromatic rings. The van der Waals surface area contributed by atoms with Crippen molar-refractivity contribution in [3.05, 3.63) is 76.0 Å². The van der Waals surface area contributed by atoms with Crippen LogP contribution in [0.25, 0.3) is 0 Å². The molecule has 0 aliphatic rings. The lowest BCUT2D eigenvalue weighted by atomic mass is 10.2. The van der Waals surface area contributed by atoms with Gasteiger partial charge in [-0.25, -0.2) is 9.97 Å². The summed E-state index contributed by atoms with van der Waals surface area (Å²) in [5.41, 5.74) is 2.61. The molecule has 0 unspecified atom stereocenters. The van der Waals surface area contributed by atoms with Crippen molar-refractivity contribution in [3.63, 3.8) is 0 Å². The Morgan fingerprint density at radius 1 is 1.04 bits per heavy atom. The number of aryl methyl sites for hydroxylation is 1. The molecule has 2 aromatic carbocycles. The predicted octanol–water partition coefficient (Wildman–Crippen LogP) is 5.09. The van der Waals surface area contributed by atoms with Gasteiger partial charge in [-0.05, 0) is 42.8 Å². The Hall–Kier alpha value is -2.63. The summed E-state index contributed by atoms with van der Waals surface area (Å²) in [7, 11) is 0. The first-order chi connectivity index (χ1) is 12.0. The highest BCUT2D eigenvalue weighted by Crippen LogP contribution is 2.25. The van der Waals surface area contributed by atoms with Crippen molar-refractivity contribution < 1.29 is 4.79 Å². The van der Waals surface area contributed by atoms with E-state index in [1.165, 1.54) is 12.3 Å². The van der Waals surface area contributed by atoms with Gasteiger partial charge in [-0.3, -0.25) is 4.79 Å². The summed E-state index contributed by atoms with van der Waals surface area (Å²) in [6, 6.07) is 14.1. The maximum Gasteiger partial charge on any atom is 0.274 e. The number of rotatable bonds is 4. The van der Waals surface area contributed by atoms with Crippen LogP contribution in [0.3, 0.4) is 0 Å². The summed E-state index contributed by atoms with van der Waals surface area (Å²) in [4.78, 5) is 20.8. The molecule has 25 heavy (non-hydrogen) atoms. The molecule has 126 valence electrons. The van der Waals surface area contributed by atoms with E-state index in [2.05, 4.69) is 20.6 Å². The molecule has 0 saturated carbocycles. The number of carbonyl (C=O) groups excluding carboxylic acids is 1. The molecular weight excluding hydrogens is 359 g/mol. The predicted molar refractivity (Wildman–Crippen MR) is 101 cm³/mol. The van der Waals surface area contributed by atoms with E-state index >= 15 is 0 Å². The van der Waals surface area contributed by atoms with Gasteiger partial charge >= 0.3 is 0 Å². The van der Waals surface area contributed by atoms with Gasteiger partial charge in [0.05, 0.1) is 10.7 Å². The zero-order valence-corrected chi connectivity index (χ0v) is 14.8. The molecule has 5 nitrogen and oxygen atoms in total. The van der Waals surface area contributed by atoms with Crippen molar-refractivity contribution in [1.82, 2.24) is 9.97 Å². The van der Waals surface area contributed by atoms with E-state index in [0.717, 1.165) is 11.3 Å². The quantitative estimate of drug-likeness (QED) is 0.669. The molecule has 0 aliphatic carbocycles. The van der Waals surface area contributed by atoms with Crippen LogP contribution in [0.5, 0.6) is 0 Å². The second-order valence-electron chi connectivity index (χ2n) is 5.28. The number of carbonyl (C=O) groups is 1. The summed E-state index contributed by atoms with van der Waals surface area (Å²) < 4.78 is 0. The summed E-state index contributed by atoms with van der Waals surface area (Å²) >= 11 is 11.9. The van der Waals surface area contributed by atoms with Crippen molar-refractivity contribution in [1.29, 1.82) is 0 Å². The van der Waals surface area contributed by atoms with Crippen molar-refractivity contribution >= 4 is 46.4 Å². The maximum absolute atomic E-state index is 12.4. The number of anilines is 3. The third-order valence-corrected chi connectivity index (χ3v) is 4.01. The fraction of sp³-hybridized carbons (Fsp3) is 0.0556. The van der Waals surface area contributed by atoms with E-state index in [9.17, 15) is 4.79 Å². The number of nitrogens with one attached hydrogen (secondary N) is 2. The number of hydrogen-bond acceptors (Lipinski definition) is 4. The minimum absolute atomic E-state index is 0.220. The average Bonchev–Trinajstić information content (AvgIpc) is 2.60. The molecule has 0 spiro atoms. The number of benzene rings is 2. The molecule has 3 rings (SSSR count). The zero-order chi connectivity index (χ0) is 17.8. The van der Waals surface area contributed by atoms with Crippen LogP contribution >= 0.6 is 23.2 Å². The van der Waals surface area contributed by atoms with Crippen LogP contribution in [-0.4, -0.2) is 15.9 Å². The lowest BCUT2D eigenvalue weighted by molar-refractivity contribution is 0.102. The van der Waals surface area contributed by atoms with E-state index in [0.29, 0.717) is 21.7 Å². The Balaban J connectivity index is 1.79. The third-order valence-electron chi connectivity index (χ3n) is 3.46. The summed E-state index contributed by atoms with van der Waals surface area (Å²) in [6.07, 6.45) is 1.52. The van der Waals surface area contributed by atoms with Crippen molar-refractivity contribution in [2.45, 2.75) is 6.92 Å². The number of para-hydroxylation sites is 1. The van der Waals surface area contributed by atoms with Crippen LogP contribution in [-0.2, 0) is 0 Å². The molecule has 1 amide bonds. The van der Waals surface area contributed by atoms with Crippen molar-refractivity contribution in [2.75, 3.05) is 10.6 Å². The molecule has 1 heterocycles. The van der Waals surface area contributed by atoms with Gasteiger partial charge in [0, 0.05) is 16.9 Å². The zero-order valence-electron chi connectivity index (χ0n) is 13.3. The largest absolute Gasteiger partial charge is 0.324 e. The SMILES string of the molecule is Cc1ccccc1Nc1nccc(C(=O)Nc2ccc(Cl)cc2Cl)n1. The molecular formula is C18H14Cl2N4O. The molecule has 0 bridgehead atoms. The standard InChI is InChI=1S/C18H14Cl2N4O/c1-11-4-2-3-5-14(11)23-18-21-9-8-16(24-18)17(25)22-15-7-6-12(19)10-13(15)20/h2-10H,1H3,(H,22,25)(H,21,23,24). The number of halogens is 2. The Labute approximate surface area is 155 Å². The van der Waals surface area contributed by atoms with Gasteiger partial charge in [0.2, 0.25) is 5.95 Å². The third kappa shape index (κ3) is 4.26. The van der Waals surface area contributed by atoms with Gasteiger partial charge in [-0.15, -0.1) is 0 Å². The second kappa shape index (κ2) is 7.51. The Morgan fingerprint density at radius 3 is 2.60 bits per heavy atom. The van der Waals surface area contributed by atoms with Gasteiger partial charge in [0.15, 0.2) is 0 Å². The summed E-state index contributed by atoms with van der Waals surface area (Å²) in [5.74, 6) is -0.0522. The summed E-state index contributed by atoms with van der Waals surface area (Å²) in [6.45, 7) is 1.97. The highest BCUT2D eigenvalue weighted by molar-refractivity contribution is 6.36. The van der Waals surface area contributed by atoms with Gasteiger partial charge in [0.25, 0.3) is 5.91 Å². The van der Waals surface area contributed by atoms with Crippen molar-refractivity contribution in [3.8, 4) is 0 Å². The number of nitrogens with zero attached hydrogens (tertiary/aromatic N) is 2. The average molecular weight is 373 g/mol. The lowest BCUT2D eigenvalue weighted by Crippen LogP contribution is -2.15. The van der Waals surface area contributed by atoms with E-state index in [1.54, 1.807) is 18.2 Å². The normalized spacial score (nSPS) is 10.4. The molecule has 0 radical (unpaired) electrons. The fourth-order valence-electron chi connectivity index (χ4n) is 2.16. The first-order valence-electron chi connectivity index (χ1n) is 7.45. The highest BCUT2D eigenvalue weighted by atomic mass is 35.5. The smallest absolute Gasteiger partial charge is 0.274 e. The van der Waals surface area contributed by atoms with Gasteiger partial charge < -0.3 is 10.6 Å². The van der Waals surface area contributed by atoms with E-state index < -0.39 is 0 Å². The minimum atomic E-state index is -0.389. The molecule has 7 heteroatoms. The van der Waals surface area contributed by atoms with Crippen LogP contribution in [0, 0.1) is 6.92 Å². The Morgan fingerprint density at radius 2 is 1.84 bits per heavy atom. The van der Waals surface area contributed by atoms with E-state index in [-0.39, 0.29) is 11.6 Å². The van der Waals surface area contributed by atoms with Gasteiger partial charge in [-0.1, -0.05) is 41.4 Å². The maximum atomic E-state index is 12.4. The Kier molecular flexibility index (Phi) is 5.16. The first-order valence-corrected chi connectivity index (χ1v) is 8.20.